The topological polar surface area (TPSA) is 65.4 Å². The number of nitrogens with zero attached hydrogens (tertiary/aromatic N) is 2. The third kappa shape index (κ3) is 4.77. The number of benzene rings is 1. The van der Waals surface area contributed by atoms with Gasteiger partial charge in [-0.2, -0.15) is 5.10 Å². The molecule has 6 nitrogen and oxygen atoms in total. The lowest BCUT2D eigenvalue weighted by Gasteiger charge is -2.06. The molecule has 0 aliphatic carbocycles. The molecule has 0 aliphatic heterocycles. The molecule has 0 spiro atoms. The lowest BCUT2D eigenvalue weighted by atomic mass is 10.3. The minimum Gasteiger partial charge on any atom is -0.471 e. The van der Waals surface area contributed by atoms with Crippen molar-refractivity contribution in [2.24, 2.45) is 0 Å². The molecule has 112 valence electrons. The van der Waals surface area contributed by atoms with Gasteiger partial charge in [-0.1, -0.05) is 11.6 Å². The molecular formula is C14H16ClN3O3. The maximum atomic E-state index is 11.7. The molecule has 21 heavy (non-hydrogen) atoms. The highest BCUT2D eigenvalue weighted by Gasteiger charge is 2.08. The minimum atomic E-state index is -0.239. The molecule has 0 aliphatic rings. The van der Waals surface area contributed by atoms with Gasteiger partial charge in [-0.3, -0.25) is 4.79 Å². The summed E-state index contributed by atoms with van der Waals surface area (Å²) in [5.41, 5.74) is 0.339. The number of carbonyl (C=O) groups excluding carboxylic acids is 1. The number of methoxy groups -OCH3 is 1. The fraction of sp³-hybridized carbons (Fsp3) is 0.286. The average molecular weight is 310 g/mol. The number of hydrogen-bond donors (Lipinski definition) is 1. The van der Waals surface area contributed by atoms with Crippen LogP contribution in [0.15, 0.2) is 36.5 Å². The van der Waals surface area contributed by atoms with Crippen LogP contribution >= 0.6 is 11.6 Å². The van der Waals surface area contributed by atoms with E-state index in [2.05, 4.69) is 10.4 Å². The molecule has 0 bridgehead atoms. The summed E-state index contributed by atoms with van der Waals surface area (Å²) >= 11 is 5.79. The molecule has 1 heterocycles. The van der Waals surface area contributed by atoms with E-state index in [0.717, 1.165) is 0 Å². The van der Waals surface area contributed by atoms with Gasteiger partial charge in [-0.15, -0.1) is 0 Å². The first-order chi connectivity index (χ1) is 10.2. The highest BCUT2D eigenvalue weighted by Crippen LogP contribution is 2.15. The Morgan fingerprint density at radius 3 is 2.81 bits per heavy atom. The second-order valence-corrected chi connectivity index (χ2v) is 4.65. The van der Waals surface area contributed by atoms with Crippen LogP contribution < -0.4 is 10.1 Å². The largest absolute Gasteiger partial charge is 0.471 e. The van der Waals surface area contributed by atoms with Crippen molar-refractivity contribution < 1.29 is 14.3 Å². The Morgan fingerprint density at radius 1 is 1.33 bits per heavy atom. The molecule has 7 heteroatoms. The number of carbonyl (C=O) groups is 1. The van der Waals surface area contributed by atoms with E-state index < -0.39 is 0 Å². The van der Waals surface area contributed by atoms with Gasteiger partial charge in [-0.05, 0) is 30.3 Å². The van der Waals surface area contributed by atoms with Gasteiger partial charge in [0.05, 0.1) is 6.61 Å². The van der Waals surface area contributed by atoms with E-state index >= 15 is 0 Å². The van der Waals surface area contributed by atoms with Crippen LogP contribution in [0.25, 0.3) is 0 Å². The van der Waals surface area contributed by atoms with Gasteiger partial charge in [0.15, 0.2) is 6.73 Å². The summed E-state index contributed by atoms with van der Waals surface area (Å²) in [6.07, 6.45) is 1.68. The standard InChI is InChI=1S/C14H16ClN3O3/c1-20-9-7-16-14(19)13-6-8-18(17-13)10-21-12-4-2-11(15)3-5-12/h2-6,8H,7,9-10H2,1H3,(H,16,19). The molecule has 0 fully saturated rings. The summed E-state index contributed by atoms with van der Waals surface area (Å²) in [5.74, 6) is 0.443. The highest BCUT2D eigenvalue weighted by atomic mass is 35.5. The van der Waals surface area contributed by atoms with Crippen molar-refractivity contribution in [2.45, 2.75) is 6.73 Å². The van der Waals surface area contributed by atoms with Gasteiger partial charge in [0.1, 0.15) is 11.4 Å². The first kappa shape index (κ1) is 15.3. The number of hydrogen-bond acceptors (Lipinski definition) is 4. The summed E-state index contributed by atoms with van der Waals surface area (Å²) in [4.78, 5) is 11.7. The van der Waals surface area contributed by atoms with Gasteiger partial charge >= 0.3 is 0 Å². The fourth-order valence-electron chi connectivity index (χ4n) is 1.58. The first-order valence-corrected chi connectivity index (χ1v) is 6.76. The van der Waals surface area contributed by atoms with Gasteiger partial charge in [0.25, 0.3) is 5.91 Å². The summed E-state index contributed by atoms with van der Waals surface area (Å²) < 4.78 is 11.9. The smallest absolute Gasteiger partial charge is 0.271 e. The Kier molecular flexibility index (Phi) is 5.59. The van der Waals surface area contributed by atoms with E-state index in [4.69, 9.17) is 21.1 Å². The first-order valence-electron chi connectivity index (χ1n) is 6.38. The Hall–Kier alpha value is -2.05. The van der Waals surface area contributed by atoms with E-state index in [1.807, 2.05) is 0 Å². The van der Waals surface area contributed by atoms with E-state index in [0.29, 0.717) is 29.6 Å². The quantitative estimate of drug-likeness (QED) is 0.794. The van der Waals surface area contributed by atoms with Crippen LogP contribution in [0.2, 0.25) is 5.02 Å². The Labute approximate surface area is 127 Å². The zero-order valence-corrected chi connectivity index (χ0v) is 12.3. The van der Waals surface area contributed by atoms with Crippen molar-refractivity contribution in [2.75, 3.05) is 20.3 Å². The molecule has 1 aromatic heterocycles. The second-order valence-electron chi connectivity index (χ2n) is 4.22. The molecule has 2 rings (SSSR count). The van der Waals surface area contributed by atoms with E-state index in [9.17, 15) is 4.79 Å². The van der Waals surface area contributed by atoms with Crippen molar-refractivity contribution in [1.82, 2.24) is 15.1 Å². The van der Waals surface area contributed by atoms with Crippen LogP contribution in [0.3, 0.4) is 0 Å². The van der Waals surface area contributed by atoms with Crippen LogP contribution in [0, 0.1) is 0 Å². The van der Waals surface area contributed by atoms with Gasteiger partial charge in [0.2, 0.25) is 0 Å². The van der Waals surface area contributed by atoms with Gasteiger partial charge in [0, 0.05) is 24.9 Å². The summed E-state index contributed by atoms with van der Waals surface area (Å²) in [7, 11) is 1.58. The third-order valence-corrected chi connectivity index (χ3v) is 2.89. The van der Waals surface area contributed by atoms with Crippen molar-refractivity contribution in [1.29, 1.82) is 0 Å². The summed E-state index contributed by atoms with van der Waals surface area (Å²) in [5, 5.41) is 7.48. The molecule has 0 radical (unpaired) electrons. The average Bonchev–Trinajstić information content (AvgIpc) is 2.96. The third-order valence-electron chi connectivity index (χ3n) is 2.64. The van der Waals surface area contributed by atoms with Crippen LogP contribution in [0.5, 0.6) is 5.75 Å². The molecular weight excluding hydrogens is 294 g/mol. The van der Waals surface area contributed by atoms with Crippen molar-refractivity contribution in [3.05, 3.63) is 47.2 Å². The van der Waals surface area contributed by atoms with E-state index in [-0.39, 0.29) is 12.6 Å². The van der Waals surface area contributed by atoms with Crippen molar-refractivity contribution in [3.8, 4) is 5.75 Å². The number of halogens is 1. The Morgan fingerprint density at radius 2 is 2.10 bits per heavy atom. The Balaban J connectivity index is 1.85. The summed E-state index contributed by atoms with van der Waals surface area (Å²) in [6.45, 7) is 1.13. The molecule has 1 aromatic carbocycles. The number of aromatic nitrogens is 2. The lowest BCUT2D eigenvalue weighted by molar-refractivity contribution is 0.0930. The minimum absolute atomic E-state index is 0.215. The molecule has 2 aromatic rings. The molecule has 0 saturated heterocycles. The number of nitrogens with one attached hydrogen (secondary N) is 1. The monoisotopic (exact) mass is 309 g/mol. The number of amides is 1. The zero-order chi connectivity index (χ0) is 15.1. The van der Waals surface area contributed by atoms with E-state index in [1.165, 1.54) is 0 Å². The number of ether oxygens (including phenoxy) is 2. The summed E-state index contributed by atoms with van der Waals surface area (Å²) in [6, 6.07) is 8.66. The van der Waals surface area contributed by atoms with Crippen molar-refractivity contribution in [3.63, 3.8) is 0 Å². The van der Waals surface area contributed by atoms with Gasteiger partial charge < -0.3 is 14.8 Å². The van der Waals surface area contributed by atoms with Gasteiger partial charge in [-0.25, -0.2) is 4.68 Å². The fourth-order valence-corrected chi connectivity index (χ4v) is 1.71. The zero-order valence-electron chi connectivity index (χ0n) is 11.6. The predicted octanol–water partition coefficient (Wildman–Crippen LogP) is 1.95. The Bertz CT molecular complexity index is 583. The lowest BCUT2D eigenvalue weighted by Crippen LogP contribution is -2.27. The van der Waals surface area contributed by atoms with Crippen LogP contribution in [-0.4, -0.2) is 35.9 Å². The molecule has 1 N–H and O–H groups in total. The molecule has 0 saturated carbocycles. The number of rotatable bonds is 7. The maximum Gasteiger partial charge on any atom is 0.271 e. The van der Waals surface area contributed by atoms with Crippen LogP contribution in [0.4, 0.5) is 0 Å². The highest BCUT2D eigenvalue weighted by molar-refractivity contribution is 6.30. The van der Waals surface area contributed by atoms with Crippen LogP contribution in [-0.2, 0) is 11.5 Å². The van der Waals surface area contributed by atoms with Crippen molar-refractivity contribution >= 4 is 17.5 Å². The predicted molar refractivity (Wildman–Crippen MR) is 78.5 cm³/mol. The van der Waals surface area contributed by atoms with Crippen LogP contribution in [0.1, 0.15) is 10.5 Å². The van der Waals surface area contributed by atoms with E-state index in [1.54, 1.807) is 48.3 Å². The maximum absolute atomic E-state index is 11.7. The second kappa shape index (κ2) is 7.66. The molecule has 0 unspecified atom stereocenters. The molecule has 1 amide bonds. The SMILES string of the molecule is COCCNC(=O)c1ccn(COc2ccc(Cl)cc2)n1. The normalized spacial score (nSPS) is 10.4. The molecule has 0 atom stereocenters.